The van der Waals surface area contributed by atoms with E-state index in [1.54, 1.807) is 6.20 Å². The van der Waals surface area contributed by atoms with Crippen molar-refractivity contribution in [1.29, 1.82) is 0 Å². The summed E-state index contributed by atoms with van der Waals surface area (Å²) in [4.78, 5) is 11.1. The molecule has 31 heavy (non-hydrogen) atoms. The third kappa shape index (κ3) is 4.69. The molecule has 0 spiro atoms. The number of rotatable bonds is 8. The lowest BCUT2D eigenvalue weighted by atomic mass is 9.98. The van der Waals surface area contributed by atoms with Crippen LogP contribution in [0, 0.1) is 0 Å². The van der Waals surface area contributed by atoms with Crippen LogP contribution in [0.3, 0.4) is 0 Å². The maximum atomic E-state index is 6.15. The van der Waals surface area contributed by atoms with Crippen LogP contribution in [0.4, 0.5) is 11.5 Å². The van der Waals surface area contributed by atoms with Crippen LogP contribution in [0.15, 0.2) is 54.7 Å². The minimum Gasteiger partial charge on any atom is -0.394 e. The lowest BCUT2D eigenvalue weighted by molar-refractivity contribution is 0.747. The number of tetrazole rings is 1. The van der Waals surface area contributed by atoms with Gasteiger partial charge in [-0.1, -0.05) is 61.9 Å². The average Bonchev–Trinajstić information content (AvgIpc) is 3.34. The molecule has 0 unspecified atom stereocenters. The standard InChI is InChI=1S/C23H26N8/c1-3-4-9-21-25-14-20(24)23(26-21)31(2)15-16-10-12-17(13-11-16)18-7-5-6-8-19(18)22-27-29-30-28-22/h5-8,10-14H,3-4,9,15,24H2,1-2H3,(H,27,28,29,30). The van der Waals surface area contributed by atoms with Crippen LogP contribution in [0.25, 0.3) is 22.5 Å². The Hall–Kier alpha value is -3.81. The number of nitrogens with zero attached hydrogens (tertiary/aromatic N) is 6. The van der Waals surface area contributed by atoms with E-state index in [-0.39, 0.29) is 0 Å². The Balaban J connectivity index is 1.53. The number of aromatic nitrogens is 6. The molecule has 0 amide bonds. The molecule has 0 fully saturated rings. The van der Waals surface area contributed by atoms with Crippen molar-refractivity contribution in [3.63, 3.8) is 0 Å². The summed E-state index contributed by atoms with van der Waals surface area (Å²) in [5.74, 6) is 2.26. The highest BCUT2D eigenvalue weighted by Gasteiger charge is 2.12. The average molecular weight is 415 g/mol. The maximum absolute atomic E-state index is 6.15. The number of benzene rings is 2. The van der Waals surface area contributed by atoms with Crippen LogP contribution in [-0.4, -0.2) is 37.6 Å². The van der Waals surface area contributed by atoms with Gasteiger partial charge in [-0.25, -0.2) is 15.1 Å². The van der Waals surface area contributed by atoms with Crippen LogP contribution < -0.4 is 10.6 Å². The molecule has 2 heterocycles. The first-order valence-electron chi connectivity index (χ1n) is 10.4. The third-order valence-electron chi connectivity index (χ3n) is 5.17. The Morgan fingerprint density at radius 2 is 1.81 bits per heavy atom. The summed E-state index contributed by atoms with van der Waals surface area (Å²) in [7, 11) is 2.00. The van der Waals surface area contributed by atoms with Crippen molar-refractivity contribution in [1.82, 2.24) is 30.6 Å². The lowest BCUT2D eigenvalue weighted by Crippen LogP contribution is -2.20. The van der Waals surface area contributed by atoms with E-state index >= 15 is 0 Å². The number of nitrogens with one attached hydrogen (secondary N) is 1. The molecule has 0 saturated carbocycles. The van der Waals surface area contributed by atoms with E-state index in [0.717, 1.165) is 53.2 Å². The van der Waals surface area contributed by atoms with Gasteiger partial charge in [-0.2, -0.15) is 0 Å². The zero-order chi connectivity index (χ0) is 21.6. The predicted octanol–water partition coefficient (Wildman–Crippen LogP) is 3.88. The number of aryl methyl sites for hydroxylation is 1. The largest absolute Gasteiger partial charge is 0.394 e. The van der Waals surface area contributed by atoms with Crippen molar-refractivity contribution in [2.24, 2.45) is 0 Å². The first-order chi connectivity index (χ1) is 15.2. The van der Waals surface area contributed by atoms with Crippen molar-refractivity contribution in [2.45, 2.75) is 32.7 Å². The molecule has 8 nitrogen and oxygen atoms in total. The summed E-state index contributed by atoms with van der Waals surface area (Å²) < 4.78 is 0. The van der Waals surface area contributed by atoms with Crippen molar-refractivity contribution in [2.75, 3.05) is 17.7 Å². The van der Waals surface area contributed by atoms with Crippen LogP contribution >= 0.6 is 0 Å². The number of aromatic amines is 1. The molecule has 4 aromatic rings. The molecule has 0 atom stereocenters. The summed E-state index contributed by atoms with van der Waals surface area (Å²) in [6.45, 7) is 2.86. The second-order valence-corrected chi connectivity index (χ2v) is 7.52. The molecule has 0 aliphatic rings. The van der Waals surface area contributed by atoms with Crippen LogP contribution in [0.5, 0.6) is 0 Å². The van der Waals surface area contributed by atoms with Crippen molar-refractivity contribution in [3.05, 3.63) is 66.1 Å². The number of nitrogen functional groups attached to an aromatic ring is 1. The molecule has 0 saturated heterocycles. The molecule has 0 aliphatic carbocycles. The molecule has 8 heteroatoms. The number of hydrogen-bond donors (Lipinski definition) is 2. The SMILES string of the molecule is CCCCc1ncc(N)c(N(C)Cc2ccc(-c3ccccc3-c3nnn[nH]3)cc2)n1. The number of nitrogens with two attached hydrogens (primary N) is 1. The Labute approximate surface area is 181 Å². The maximum Gasteiger partial charge on any atom is 0.180 e. The monoisotopic (exact) mass is 414 g/mol. The zero-order valence-electron chi connectivity index (χ0n) is 17.8. The van der Waals surface area contributed by atoms with Gasteiger partial charge in [0.25, 0.3) is 0 Å². The van der Waals surface area contributed by atoms with Crippen molar-refractivity contribution in [3.8, 4) is 22.5 Å². The van der Waals surface area contributed by atoms with Crippen molar-refractivity contribution >= 4 is 11.5 Å². The van der Waals surface area contributed by atoms with Crippen LogP contribution in [0.1, 0.15) is 31.2 Å². The Kier molecular flexibility index (Phi) is 6.16. The number of H-pyrrole nitrogens is 1. The molecule has 2 aromatic heterocycles. The fraction of sp³-hybridized carbons (Fsp3) is 0.261. The summed E-state index contributed by atoms with van der Waals surface area (Å²) in [5, 5.41) is 14.3. The molecule has 0 bridgehead atoms. The summed E-state index contributed by atoms with van der Waals surface area (Å²) >= 11 is 0. The normalized spacial score (nSPS) is 10.9. The van der Waals surface area contributed by atoms with E-state index in [1.807, 2.05) is 25.2 Å². The second-order valence-electron chi connectivity index (χ2n) is 7.52. The Bertz CT molecular complexity index is 1120. The first kappa shape index (κ1) is 20.5. The minimum atomic E-state index is 0.592. The van der Waals surface area contributed by atoms with Gasteiger partial charge >= 0.3 is 0 Å². The highest BCUT2D eigenvalue weighted by molar-refractivity contribution is 5.80. The molecular weight excluding hydrogens is 388 g/mol. The predicted molar refractivity (Wildman–Crippen MR) is 122 cm³/mol. The summed E-state index contributed by atoms with van der Waals surface area (Å²) in [5.41, 5.74) is 11.0. The molecule has 4 rings (SSSR count). The van der Waals surface area contributed by atoms with Crippen LogP contribution in [-0.2, 0) is 13.0 Å². The zero-order valence-corrected chi connectivity index (χ0v) is 17.8. The van der Waals surface area contributed by atoms with E-state index in [4.69, 9.17) is 5.73 Å². The summed E-state index contributed by atoms with van der Waals surface area (Å²) in [6, 6.07) is 16.5. The Morgan fingerprint density at radius 1 is 1.03 bits per heavy atom. The van der Waals surface area contributed by atoms with Gasteiger partial charge in [0.15, 0.2) is 11.6 Å². The molecule has 0 radical (unpaired) electrons. The molecule has 3 N–H and O–H groups in total. The van der Waals surface area contributed by atoms with E-state index in [9.17, 15) is 0 Å². The molecule has 2 aromatic carbocycles. The topological polar surface area (TPSA) is 110 Å². The molecular formula is C23H26N8. The highest BCUT2D eigenvalue weighted by Crippen LogP contribution is 2.30. The molecule has 0 aliphatic heterocycles. The molecule has 158 valence electrons. The van der Waals surface area contributed by atoms with E-state index in [0.29, 0.717) is 18.1 Å². The van der Waals surface area contributed by atoms with Gasteiger partial charge < -0.3 is 10.6 Å². The lowest BCUT2D eigenvalue weighted by Gasteiger charge is -2.20. The van der Waals surface area contributed by atoms with Gasteiger partial charge in [-0.05, 0) is 33.5 Å². The van der Waals surface area contributed by atoms with Gasteiger partial charge in [0.2, 0.25) is 0 Å². The second kappa shape index (κ2) is 9.34. The van der Waals surface area contributed by atoms with E-state index in [2.05, 4.69) is 72.7 Å². The van der Waals surface area contributed by atoms with E-state index < -0.39 is 0 Å². The summed E-state index contributed by atoms with van der Waals surface area (Å²) in [6.07, 6.45) is 4.76. The van der Waals surface area contributed by atoms with Gasteiger partial charge in [0.1, 0.15) is 5.82 Å². The van der Waals surface area contributed by atoms with Gasteiger partial charge in [-0.15, -0.1) is 5.10 Å². The minimum absolute atomic E-state index is 0.592. The van der Waals surface area contributed by atoms with Gasteiger partial charge in [-0.3, -0.25) is 0 Å². The number of anilines is 2. The Morgan fingerprint density at radius 3 is 2.52 bits per heavy atom. The quantitative estimate of drug-likeness (QED) is 0.450. The van der Waals surface area contributed by atoms with E-state index in [1.165, 1.54) is 0 Å². The third-order valence-corrected chi connectivity index (χ3v) is 5.17. The fourth-order valence-electron chi connectivity index (χ4n) is 3.53. The first-order valence-corrected chi connectivity index (χ1v) is 10.4. The van der Waals surface area contributed by atoms with Gasteiger partial charge in [0, 0.05) is 25.6 Å². The highest BCUT2D eigenvalue weighted by atomic mass is 15.5. The van der Waals surface area contributed by atoms with Gasteiger partial charge in [0.05, 0.1) is 11.9 Å². The van der Waals surface area contributed by atoms with Crippen LogP contribution in [0.2, 0.25) is 0 Å². The number of hydrogen-bond acceptors (Lipinski definition) is 7. The van der Waals surface area contributed by atoms with Crippen molar-refractivity contribution < 1.29 is 0 Å². The smallest absolute Gasteiger partial charge is 0.180 e. The fourth-order valence-corrected chi connectivity index (χ4v) is 3.53. The number of unbranched alkanes of at least 4 members (excludes halogenated alkanes) is 1.